The van der Waals surface area contributed by atoms with E-state index in [1.54, 1.807) is 6.07 Å². The Kier molecular flexibility index (Phi) is 5.18. The van der Waals surface area contributed by atoms with E-state index in [0.717, 1.165) is 0 Å². The minimum atomic E-state index is -1.06. The summed E-state index contributed by atoms with van der Waals surface area (Å²) in [5.74, 6) is -0.126. The minimum Gasteiger partial charge on any atom is -0.475 e. The molecule has 0 aromatic carbocycles. The third-order valence-electron chi connectivity index (χ3n) is 2.66. The lowest BCUT2D eigenvalue weighted by molar-refractivity contribution is 0.0660. The van der Waals surface area contributed by atoms with Gasteiger partial charge in [0.2, 0.25) is 5.76 Å². The number of hydrogen-bond donors (Lipinski definition) is 3. The molecule has 0 spiro atoms. The standard InChI is InChI=1S/C12H19NO4/c1-8(2)10(5-6-14)13-7-9-3-4-11(17-9)12(15)16/h3-4,8,10,13-14H,5-7H2,1-2H3,(H,15,16). The average molecular weight is 241 g/mol. The van der Waals surface area contributed by atoms with Gasteiger partial charge in [0.15, 0.2) is 0 Å². The quantitative estimate of drug-likeness (QED) is 0.673. The maximum Gasteiger partial charge on any atom is 0.371 e. The number of furan rings is 1. The molecule has 1 heterocycles. The van der Waals surface area contributed by atoms with Crippen LogP contribution in [0.2, 0.25) is 0 Å². The molecule has 17 heavy (non-hydrogen) atoms. The molecule has 1 aromatic rings. The number of aliphatic hydroxyl groups excluding tert-OH is 1. The fraction of sp³-hybridized carbons (Fsp3) is 0.583. The average Bonchev–Trinajstić information content (AvgIpc) is 2.72. The number of carboxylic acids is 1. The fourth-order valence-electron chi connectivity index (χ4n) is 1.63. The highest BCUT2D eigenvalue weighted by atomic mass is 16.4. The predicted molar refractivity (Wildman–Crippen MR) is 62.8 cm³/mol. The minimum absolute atomic E-state index is 0.0509. The van der Waals surface area contributed by atoms with E-state index in [0.29, 0.717) is 24.6 Å². The Morgan fingerprint density at radius 2 is 2.18 bits per heavy atom. The largest absolute Gasteiger partial charge is 0.475 e. The SMILES string of the molecule is CC(C)C(CCO)NCc1ccc(C(=O)O)o1. The Morgan fingerprint density at radius 1 is 1.47 bits per heavy atom. The summed E-state index contributed by atoms with van der Waals surface area (Å²) in [7, 11) is 0. The zero-order valence-corrected chi connectivity index (χ0v) is 10.1. The van der Waals surface area contributed by atoms with E-state index in [-0.39, 0.29) is 18.4 Å². The van der Waals surface area contributed by atoms with Gasteiger partial charge in [-0.25, -0.2) is 4.79 Å². The second-order valence-electron chi connectivity index (χ2n) is 4.31. The zero-order chi connectivity index (χ0) is 12.8. The molecule has 0 amide bonds. The summed E-state index contributed by atoms with van der Waals surface area (Å²) in [6.45, 7) is 4.74. The number of aromatic carboxylic acids is 1. The van der Waals surface area contributed by atoms with Crippen LogP contribution in [0.3, 0.4) is 0 Å². The van der Waals surface area contributed by atoms with E-state index in [4.69, 9.17) is 14.6 Å². The van der Waals surface area contributed by atoms with Crippen molar-refractivity contribution in [3.8, 4) is 0 Å². The molecular formula is C12H19NO4. The lowest BCUT2D eigenvalue weighted by atomic mass is 10.0. The Balaban J connectivity index is 2.50. The van der Waals surface area contributed by atoms with Crippen LogP contribution in [-0.2, 0) is 6.54 Å². The molecule has 0 aliphatic rings. The number of aliphatic hydroxyl groups is 1. The normalized spacial score (nSPS) is 12.9. The molecule has 0 bridgehead atoms. The first-order valence-electron chi connectivity index (χ1n) is 5.70. The van der Waals surface area contributed by atoms with Crippen LogP contribution in [0.4, 0.5) is 0 Å². The molecule has 1 atom stereocenters. The molecule has 0 aliphatic heterocycles. The first kappa shape index (κ1) is 13.7. The van der Waals surface area contributed by atoms with E-state index in [1.807, 2.05) is 0 Å². The summed E-state index contributed by atoms with van der Waals surface area (Å²) >= 11 is 0. The van der Waals surface area contributed by atoms with E-state index in [2.05, 4.69) is 19.2 Å². The molecule has 0 aliphatic carbocycles. The van der Waals surface area contributed by atoms with Crippen molar-refractivity contribution in [2.75, 3.05) is 6.61 Å². The molecule has 3 N–H and O–H groups in total. The molecular weight excluding hydrogens is 222 g/mol. The summed E-state index contributed by atoms with van der Waals surface area (Å²) in [5.41, 5.74) is 0. The van der Waals surface area contributed by atoms with Gasteiger partial charge in [0, 0.05) is 12.6 Å². The first-order valence-corrected chi connectivity index (χ1v) is 5.70. The summed E-state index contributed by atoms with van der Waals surface area (Å²) in [5, 5.41) is 20.9. The highest BCUT2D eigenvalue weighted by molar-refractivity contribution is 5.84. The van der Waals surface area contributed by atoms with Gasteiger partial charge in [-0.3, -0.25) is 0 Å². The van der Waals surface area contributed by atoms with Crippen molar-refractivity contribution in [3.63, 3.8) is 0 Å². The second kappa shape index (κ2) is 6.42. The molecule has 5 heteroatoms. The van der Waals surface area contributed by atoms with E-state index in [9.17, 15) is 4.79 Å². The third kappa shape index (κ3) is 4.20. The Labute approximate surface area is 100 Å². The van der Waals surface area contributed by atoms with Gasteiger partial charge < -0.3 is 19.9 Å². The molecule has 0 saturated heterocycles. The van der Waals surface area contributed by atoms with Crippen LogP contribution >= 0.6 is 0 Å². The monoisotopic (exact) mass is 241 g/mol. The summed E-state index contributed by atoms with van der Waals surface area (Å²) in [6.07, 6.45) is 0.671. The van der Waals surface area contributed by atoms with Crippen LogP contribution in [0.5, 0.6) is 0 Å². The summed E-state index contributed by atoms with van der Waals surface area (Å²) in [6, 6.07) is 3.28. The summed E-state index contributed by atoms with van der Waals surface area (Å²) in [4.78, 5) is 10.6. The van der Waals surface area contributed by atoms with Crippen LogP contribution in [0, 0.1) is 5.92 Å². The van der Waals surface area contributed by atoms with Crippen molar-refractivity contribution in [2.24, 2.45) is 5.92 Å². The van der Waals surface area contributed by atoms with Crippen molar-refractivity contribution in [2.45, 2.75) is 32.9 Å². The van der Waals surface area contributed by atoms with Crippen LogP contribution in [0.15, 0.2) is 16.5 Å². The second-order valence-corrected chi connectivity index (χ2v) is 4.31. The fourth-order valence-corrected chi connectivity index (χ4v) is 1.63. The number of nitrogens with one attached hydrogen (secondary N) is 1. The van der Waals surface area contributed by atoms with Crippen LogP contribution in [-0.4, -0.2) is 28.8 Å². The van der Waals surface area contributed by atoms with Gasteiger partial charge in [-0.1, -0.05) is 13.8 Å². The Bertz CT molecular complexity index is 359. The molecule has 5 nitrogen and oxygen atoms in total. The van der Waals surface area contributed by atoms with Crippen molar-refractivity contribution in [1.82, 2.24) is 5.32 Å². The highest BCUT2D eigenvalue weighted by Gasteiger charge is 2.14. The number of carboxylic acid groups (broad SMARTS) is 1. The first-order chi connectivity index (χ1) is 8.04. The molecule has 0 fully saturated rings. The van der Waals surface area contributed by atoms with Crippen molar-refractivity contribution >= 4 is 5.97 Å². The summed E-state index contributed by atoms with van der Waals surface area (Å²) < 4.78 is 5.13. The topological polar surface area (TPSA) is 82.7 Å². The lowest BCUT2D eigenvalue weighted by Gasteiger charge is -2.20. The van der Waals surface area contributed by atoms with Gasteiger partial charge in [-0.15, -0.1) is 0 Å². The van der Waals surface area contributed by atoms with Crippen LogP contribution < -0.4 is 5.32 Å². The highest BCUT2D eigenvalue weighted by Crippen LogP contribution is 2.10. The molecule has 0 saturated carbocycles. The van der Waals surface area contributed by atoms with E-state index in [1.165, 1.54) is 6.07 Å². The van der Waals surface area contributed by atoms with E-state index >= 15 is 0 Å². The number of hydrogen-bond acceptors (Lipinski definition) is 4. The zero-order valence-electron chi connectivity index (χ0n) is 10.1. The van der Waals surface area contributed by atoms with Gasteiger partial charge >= 0.3 is 5.97 Å². The van der Waals surface area contributed by atoms with Crippen molar-refractivity contribution in [3.05, 3.63) is 23.7 Å². The van der Waals surface area contributed by atoms with Gasteiger partial charge in [0.25, 0.3) is 0 Å². The Morgan fingerprint density at radius 3 is 2.65 bits per heavy atom. The van der Waals surface area contributed by atoms with Crippen molar-refractivity contribution in [1.29, 1.82) is 0 Å². The smallest absolute Gasteiger partial charge is 0.371 e. The van der Waals surface area contributed by atoms with Gasteiger partial charge in [0.1, 0.15) is 5.76 Å². The van der Waals surface area contributed by atoms with E-state index < -0.39 is 5.97 Å². The predicted octanol–water partition coefficient (Wildman–Crippen LogP) is 1.47. The molecule has 1 aromatic heterocycles. The van der Waals surface area contributed by atoms with Crippen LogP contribution in [0.1, 0.15) is 36.6 Å². The maximum atomic E-state index is 10.6. The van der Waals surface area contributed by atoms with Gasteiger partial charge in [-0.05, 0) is 24.5 Å². The third-order valence-corrected chi connectivity index (χ3v) is 2.66. The molecule has 1 rings (SSSR count). The van der Waals surface area contributed by atoms with Crippen molar-refractivity contribution < 1.29 is 19.4 Å². The maximum absolute atomic E-state index is 10.6. The Hall–Kier alpha value is -1.33. The number of rotatable bonds is 7. The lowest BCUT2D eigenvalue weighted by Crippen LogP contribution is -2.34. The molecule has 0 radical (unpaired) electrons. The molecule has 1 unspecified atom stereocenters. The van der Waals surface area contributed by atoms with Gasteiger partial charge in [0.05, 0.1) is 6.54 Å². The van der Waals surface area contributed by atoms with Gasteiger partial charge in [-0.2, -0.15) is 0 Å². The van der Waals surface area contributed by atoms with Crippen LogP contribution in [0.25, 0.3) is 0 Å². The number of carbonyl (C=O) groups is 1. The molecule has 96 valence electrons.